The molecule has 0 unspecified atom stereocenters. The fourth-order valence-corrected chi connectivity index (χ4v) is 1.60. The zero-order chi connectivity index (χ0) is 12.6. The molecule has 0 rings (SSSR count). The van der Waals surface area contributed by atoms with Gasteiger partial charge < -0.3 is 9.64 Å². The van der Waals surface area contributed by atoms with Gasteiger partial charge in [-0.2, -0.15) is 0 Å². The van der Waals surface area contributed by atoms with Gasteiger partial charge >= 0.3 is 6.09 Å². The van der Waals surface area contributed by atoms with Crippen molar-refractivity contribution in [3.8, 4) is 0 Å². The second kappa shape index (κ2) is 8.43. The van der Waals surface area contributed by atoms with Gasteiger partial charge in [-0.1, -0.05) is 27.7 Å². The van der Waals surface area contributed by atoms with Crippen LogP contribution in [0.25, 0.3) is 0 Å². The molecule has 0 radical (unpaired) electrons. The number of nitrogens with zero attached hydrogens (tertiary/aromatic N) is 1. The summed E-state index contributed by atoms with van der Waals surface area (Å²) in [4.78, 5) is 13.5. The molecule has 0 bridgehead atoms. The summed E-state index contributed by atoms with van der Waals surface area (Å²) in [6.45, 7) is 12.6. The molecule has 16 heavy (non-hydrogen) atoms. The van der Waals surface area contributed by atoms with Gasteiger partial charge in [-0.05, 0) is 31.6 Å². The van der Waals surface area contributed by atoms with Crippen molar-refractivity contribution in [2.45, 2.75) is 47.5 Å². The van der Waals surface area contributed by atoms with E-state index < -0.39 is 0 Å². The summed E-state index contributed by atoms with van der Waals surface area (Å²) in [6, 6.07) is 0. The predicted octanol–water partition coefficient (Wildman–Crippen LogP) is 3.54. The number of amides is 1. The fourth-order valence-electron chi connectivity index (χ4n) is 1.60. The number of hydrogen-bond acceptors (Lipinski definition) is 2. The summed E-state index contributed by atoms with van der Waals surface area (Å²) in [5.41, 5.74) is 0. The molecule has 3 nitrogen and oxygen atoms in total. The minimum atomic E-state index is -0.167. The van der Waals surface area contributed by atoms with E-state index in [1.165, 1.54) is 0 Å². The highest BCUT2D eigenvalue weighted by molar-refractivity contribution is 5.67. The quantitative estimate of drug-likeness (QED) is 0.668. The molecule has 0 aliphatic carbocycles. The van der Waals surface area contributed by atoms with Crippen molar-refractivity contribution in [1.82, 2.24) is 4.90 Å². The Morgan fingerprint density at radius 1 is 1.19 bits per heavy atom. The SMILES string of the molecule is CCOC(=O)N(CCCC(C)C)CC(C)C. The van der Waals surface area contributed by atoms with Crippen LogP contribution in [0, 0.1) is 11.8 Å². The lowest BCUT2D eigenvalue weighted by Crippen LogP contribution is -2.35. The van der Waals surface area contributed by atoms with E-state index in [2.05, 4.69) is 27.7 Å². The Kier molecular flexibility index (Phi) is 8.04. The third-order valence-electron chi connectivity index (χ3n) is 2.32. The Bertz CT molecular complexity index is 190. The maximum absolute atomic E-state index is 11.7. The molecule has 1 amide bonds. The van der Waals surface area contributed by atoms with Crippen LogP contribution in [-0.2, 0) is 4.74 Å². The summed E-state index contributed by atoms with van der Waals surface area (Å²) >= 11 is 0. The van der Waals surface area contributed by atoms with Crippen LogP contribution in [-0.4, -0.2) is 30.7 Å². The molecule has 0 spiro atoms. The largest absolute Gasteiger partial charge is 0.450 e. The van der Waals surface area contributed by atoms with E-state index in [1.807, 2.05) is 11.8 Å². The van der Waals surface area contributed by atoms with Crippen LogP contribution in [0.15, 0.2) is 0 Å². The molecule has 0 aromatic carbocycles. The van der Waals surface area contributed by atoms with Crippen molar-refractivity contribution in [1.29, 1.82) is 0 Å². The van der Waals surface area contributed by atoms with Gasteiger partial charge in [0.15, 0.2) is 0 Å². The minimum Gasteiger partial charge on any atom is -0.450 e. The van der Waals surface area contributed by atoms with Gasteiger partial charge in [-0.15, -0.1) is 0 Å². The summed E-state index contributed by atoms with van der Waals surface area (Å²) in [5, 5.41) is 0. The second-order valence-corrected chi connectivity index (χ2v) is 5.07. The first kappa shape index (κ1) is 15.3. The van der Waals surface area contributed by atoms with Crippen molar-refractivity contribution in [3.63, 3.8) is 0 Å². The van der Waals surface area contributed by atoms with Crippen molar-refractivity contribution in [2.24, 2.45) is 11.8 Å². The summed E-state index contributed by atoms with van der Waals surface area (Å²) in [7, 11) is 0. The fraction of sp³-hybridized carbons (Fsp3) is 0.923. The van der Waals surface area contributed by atoms with Gasteiger partial charge in [0.2, 0.25) is 0 Å². The topological polar surface area (TPSA) is 29.5 Å². The maximum Gasteiger partial charge on any atom is 0.409 e. The third kappa shape index (κ3) is 7.55. The van der Waals surface area contributed by atoms with E-state index in [1.54, 1.807) is 0 Å². The van der Waals surface area contributed by atoms with Crippen LogP contribution in [0.5, 0.6) is 0 Å². The lowest BCUT2D eigenvalue weighted by atomic mass is 10.1. The van der Waals surface area contributed by atoms with Crippen molar-refractivity contribution in [2.75, 3.05) is 19.7 Å². The Balaban J connectivity index is 4.04. The third-order valence-corrected chi connectivity index (χ3v) is 2.32. The van der Waals surface area contributed by atoms with Gasteiger partial charge in [-0.3, -0.25) is 0 Å². The molecule has 0 atom stereocenters. The van der Waals surface area contributed by atoms with Gasteiger partial charge in [0.25, 0.3) is 0 Å². The lowest BCUT2D eigenvalue weighted by Gasteiger charge is -2.24. The standard InChI is InChI=1S/C13H27NO2/c1-6-16-13(15)14(10-12(4)5)9-7-8-11(2)3/h11-12H,6-10H2,1-5H3. The molecule has 0 aliphatic rings. The summed E-state index contributed by atoms with van der Waals surface area (Å²) < 4.78 is 5.05. The predicted molar refractivity (Wildman–Crippen MR) is 67.5 cm³/mol. The second-order valence-electron chi connectivity index (χ2n) is 5.07. The molecular weight excluding hydrogens is 202 g/mol. The van der Waals surface area contributed by atoms with E-state index in [4.69, 9.17) is 4.74 Å². The molecule has 0 aromatic heterocycles. The highest BCUT2D eigenvalue weighted by Crippen LogP contribution is 2.08. The van der Waals surface area contributed by atoms with Gasteiger partial charge in [0.05, 0.1) is 6.61 Å². The molecule has 0 heterocycles. The van der Waals surface area contributed by atoms with Crippen LogP contribution in [0.2, 0.25) is 0 Å². The van der Waals surface area contributed by atoms with Gasteiger partial charge in [-0.25, -0.2) is 4.79 Å². The average Bonchev–Trinajstić information content (AvgIpc) is 2.15. The molecule has 0 saturated carbocycles. The van der Waals surface area contributed by atoms with Crippen LogP contribution >= 0.6 is 0 Å². The summed E-state index contributed by atoms with van der Waals surface area (Å²) in [6.07, 6.45) is 2.05. The first-order valence-electron chi connectivity index (χ1n) is 6.39. The Morgan fingerprint density at radius 3 is 2.25 bits per heavy atom. The van der Waals surface area contributed by atoms with E-state index in [0.29, 0.717) is 18.4 Å². The Morgan fingerprint density at radius 2 is 1.81 bits per heavy atom. The molecule has 3 heteroatoms. The van der Waals surface area contributed by atoms with Gasteiger partial charge in [0.1, 0.15) is 0 Å². The average molecular weight is 229 g/mol. The molecule has 0 saturated heterocycles. The van der Waals surface area contributed by atoms with E-state index in [0.717, 1.165) is 25.9 Å². The van der Waals surface area contributed by atoms with Gasteiger partial charge in [0, 0.05) is 13.1 Å². The minimum absolute atomic E-state index is 0.167. The molecule has 0 aliphatic heterocycles. The van der Waals surface area contributed by atoms with Crippen molar-refractivity contribution < 1.29 is 9.53 Å². The van der Waals surface area contributed by atoms with Crippen LogP contribution in [0.4, 0.5) is 4.79 Å². The number of carbonyl (C=O) groups excluding carboxylic acids is 1. The van der Waals surface area contributed by atoms with E-state index >= 15 is 0 Å². The number of carbonyl (C=O) groups is 1. The monoisotopic (exact) mass is 229 g/mol. The first-order chi connectivity index (χ1) is 7.47. The van der Waals surface area contributed by atoms with E-state index in [9.17, 15) is 4.79 Å². The number of ether oxygens (including phenoxy) is 1. The van der Waals surface area contributed by atoms with Crippen LogP contribution in [0.1, 0.15) is 47.5 Å². The highest BCUT2D eigenvalue weighted by Gasteiger charge is 2.15. The van der Waals surface area contributed by atoms with E-state index in [-0.39, 0.29) is 6.09 Å². The number of rotatable bonds is 7. The normalized spacial score (nSPS) is 10.9. The zero-order valence-corrected chi connectivity index (χ0v) is 11.5. The molecule has 0 N–H and O–H groups in total. The molecular formula is C13H27NO2. The smallest absolute Gasteiger partial charge is 0.409 e. The Labute approximate surface area is 100 Å². The maximum atomic E-state index is 11.7. The van der Waals surface area contributed by atoms with Crippen LogP contribution in [0.3, 0.4) is 0 Å². The van der Waals surface area contributed by atoms with Crippen LogP contribution < -0.4 is 0 Å². The zero-order valence-electron chi connectivity index (χ0n) is 11.5. The summed E-state index contributed by atoms with van der Waals surface area (Å²) in [5.74, 6) is 1.19. The number of hydrogen-bond donors (Lipinski definition) is 0. The molecule has 0 fully saturated rings. The van der Waals surface area contributed by atoms with Crippen molar-refractivity contribution in [3.05, 3.63) is 0 Å². The highest BCUT2D eigenvalue weighted by atomic mass is 16.6. The lowest BCUT2D eigenvalue weighted by molar-refractivity contribution is 0.101. The van der Waals surface area contributed by atoms with Crippen molar-refractivity contribution >= 4 is 6.09 Å². The molecule has 0 aromatic rings. The Hall–Kier alpha value is -0.730. The first-order valence-corrected chi connectivity index (χ1v) is 6.39. The molecule has 96 valence electrons.